The Morgan fingerprint density at radius 2 is 1.61 bits per heavy atom. The number of nitrogens with two attached hydrogens (primary N) is 1. The zero-order valence-electron chi connectivity index (χ0n) is 12.8. The summed E-state index contributed by atoms with van der Waals surface area (Å²) in [7, 11) is -7.50. The number of primary sulfonamides is 1. The number of hydrogen-bond acceptors (Lipinski definition) is 5. The molecule has 3 rings (SSSR count). The van der Waals surface area contributed by atoms with E-state index >= 15 is 0 Å². The van der Waals surface area contributed by atoms with E-state index < -0.39 is 19.9 Å². The molecule has 0 radical (unpaired) electrons. The third-order valence-electron chi connectivity index (χ3n) is 4.62. The lowest BCUT2D eigenvalue weighted by Crippen LogP contribution is -2.23. The second kappa shape index (κ2) is 5.61. The molecule has 0 saturated carbocycles. The molecule has 1 aliphatic carbocycles. The minimum Gasteiger partial charge on any atom is -0.370 e. The lowest BCUT2D eigenvalue weighted by molar-refractivity contribution is 0.411. The fourth-order valence-electron chi connectivity index (χ4n) is 3.44. The SMILES string of the molecule is CS(=O)(=O)c1cc(S(N)(=O)=O)ccc1N1CC2CC=CCC2C1. The summed E-state index contributed by atoms with van der Waals surface area (Å²) in [6.07, 6.45) is 7.44. The minimum atomic E-state index is -3.94. The van der Waals surface area contributed by atoms with E-state index in [1.54, 1.807) is 6.07 Å². The Labute approximate surface area is 137 Å². The van der Waals surface area contributed by atoms with Crippen LogP contribution in [0, 0.1) is 11.8 Å². The summed E-state index contributed by atoms with van der Waals surface area (Å²) >= 11 is 0. The van der Waals surface area contributed by atoms with E-state index in [9.17, 15) is 16.8 Å². The molecule has 8 heteroatoms. The van der Waals surface area contributed by atoms with Crippen molar-refractivity contribution in [2.45, 2.75) is 22.6 Å². The van der Waals surface area contributed by atoms with Gasteiger partial charge in [0.2, 0.25) is 10.0 Å². The summed E-state index contributed by atoms with van der Waals surface area (Å²) in [4.78, 5) is 1.89. The standard InChI is InChI=1S/C15H20N2O4S2/c1-22(18,19)15-8-13(23(16,20)21)6-7-14(15)17-9-11-4-2-3-5-12(11)10-17/h2-3,6-8,11-12H,4-5,9-10H2,1H3,(H2,16,20,21). The van der Waals surface area contributed by atoms with Crippen LogP contribution in [0.3, 0.4) is 0 Å². The second-order valence-corrected chi connectivity index (χ2v) is 9.86. The quantitative estimate of drug-likeness (QED) is 0.819. The Balaban J connectivity index is 2.03. The van der Waals surface area contributed by atoms with Crippen molar-refractivity contribution in [1.29, 1.82) is 0 Å². The summed E-state index contributed by atoms with van der Waals surface area (Å²) in [6.45, 7) is 1.57. The molecule has 6 nitrogen and oxygen atoms in total. The molecular weight excluding hydrogens is 336 g/mol. The summed E-state index contributed by atoms with van der Waals surface area (Å²) in [5.41, 5.74) is 0.564. The van der Waals surface area contributed by atoms with Crippen molar-refractivity contribution in [3.05, 3.63) is 30.4 Å². The maximum atomic E-state index is 12.1. The van der Waals surface area contributed by atoms with Gasteiger partial charge in [-0.1, -0.05) is 12.2 Å². The first kappa shape index (κ1) is 16.5. The summed E-state index contributed by atoms with van der Waals surface area (Å²) < 4.78 is 47.3. The van der Waals surface area contributed by atoms with Crippen molar-refractivity contribution < 1.29 is 16.8 Å². The van der Waals surface area contributed by atoms with E-state index in [1.807, 2.05) is 4.90 Å². The van der Waals surface area contributed by atoms with Crippen molar-refractivity contribution in [3.8, 4) is 0 Å². The van der Waals surface area contributed by atoms with Crippen LogP contribution >= 0.6 is 0 Å². The normalized spacial score (nSPS) is 24.7. The van der Waals surface area contributed by atoms with Gasteiger partial charge in [0.05, 0.1) is 15.5 Å². The van der Waals surface area contributed by atoms with Crippen molar-refractivity contribution in [2.24, 2.45) is 17.0 Å². The highest BCUT2D eigenvalue weighted by atomic mass is 32.2. The molecule has 126 valence electrons. The van der Waals surface area contributed by atoms with E-state index in [0.717, 1.165) is 32.2 Å². The molecule has 2 N–H and O–H groups in total. The number of allylic oxidation sites excluding steroid dienone is 2. The second-order valence-electron chi connectivity index (χ2n) is 6.31. The van der Waals surface area contributed by atoms with Crippen LogP contribution in [0.25, 0.3) is 0 Å². The first-order valence-electron chi connectivity index (χ1n) is 7.43. The molecule has 1 heterocycles. The maximum absolute atomic E-state index is 12.1. The number of sulfonamides is 1. The molecular formula is C15H20N2O4S2. The summed E-state index contributed by atoms with van der Waals surface area (Å²) in [5.74, 6) is 1.04. The van der Waals surface area contributed by atoms with E-state index in [2.05, 4.69) is 12.2 Å². The number of rotatable bonds is 3. The molecule has 2 unspecified atom stereocenters. The van der Waals surface area contributed by atoms with Crippen LogP contribution in [-0.4, -0.2) is 36.2 Å². The van der Waals surface area contributed by atoms with Gasteiger partial charge in [0.1, 0.15) is 0 Å². The van der Waals surface area contributed by atoms with Gasteiger partial charge in [0.25, 0.3) is 0 Å². The van der Waals surface area contributed by atoms with Crippen molar-refractivity contribution in [3.63, 3.8) is 0 Å². The Kier molecular flexibility index (Phi) is 4.02. The first-order chi connectivity index (χ1) is 10.7. The van der Waals surface area contributed by atoms with E-state index in [0.29, 0.717) is 17.5 Å². The zero-order chi connectivity index (χ0) is 16.8. The number of benzene rings is 1. The van der Waals surface area contributed by atoms with Gasteiger partial charge >= 0.3 is 0 Å². The largest absolute Gasteiger partial charge is 0.370 e. The minimum absolute atomic E-state index is 0.0237. The van der Waals surface area contributed by atoms with Gasteiger partial charge in [0.15, 0.2) is 9.84 Å². The van der Waals surface area contributed by atoms with Gasteiger partial charge in [-0.2, -0.15) is 0 Å². The summed E-state index contributed by atoms with van der Waals surface area (Å²) in [5, 5.41) is 5.12. The Hall–Kier alpha value is -1.38. The van der Waals surface area contributed by atoms with Crippen molar-refractivity contribution in [2.75, 3.05) is 24.2 Å². The maximum Gasteiger partial charge on any atom is 0.238 e. The zero-order valence-corrected chi connectivity index (χ0v) is 14.5. The molecule has 1 saturated heterocycles. The van der Waals surface area contributed by atoms with Crippen LogP contribution in [0.5, 0.6) is 0 Å². The van der Waals surface area contributed by atoms with Gasteiger partial charge in [-0.25, -0.2) is 22.0 Å². The Morgan fingerprint density at radius 1 is 1.04 bits per heavy atom. The molecule has 1 aliphatic heterocycles. The Morgan fingerprint density at radius 3 is 2.09 bits per heavy atom. The number of nitrogens with zero attached hydrogens (tertiary/aromatic N) is 1. The van der Waals surface area contributed by atoms with Gasteiger partial charge in [-0.3, -0.25) is 0 Å². The van der Waals surface area contributed by atoms with Gasteiger partial charge in [-0.05, 0) is 42.9 Å². The van der Waals surface area contributed by atoms with E-state index in [4.69, 9.17) is 5.14 Å². The van der Waals surface area contributed by atoms with Gasteiger partial charge < -0.3 is 4.90 Å². The lowest BCUT2D eigenvalue weighted by Gasteiger charge is -2.22. The van der Waals surface area contributed by atoms with Gasteiger partial charge in [-0.15, -0.1) is 0 Å². The highest BCUT2D eigenvalue weighted by Gasteiger charge is 2.34. The van der Waals surface area contributed by atoms with Crippen molar-refractivity contribution >= 4 is 25.5 Å². The molecule has 1 aromatic rings. The van der Waals surface area contributed by atoms with E-state index in [-0.39, 0.29) is 9.79 Å². The number of hydrogen-bond donors (Lipinski definition) is 1. The summed E-state index contributed by atoms with van der Waals surface area (Å²) in [6, 6.07) is 4.10. The molecule has 1 aromatic carbocycles. The van der Waals surface area contributed by atoms with Crippen LogP contribution in [0.15, 0.2) is 40.1 Å². The van der Waals surface area contributed by atoms with Crippen LogP contribution in [-0.2, 0) is 19.9 Å². The average molecular weight is 356 g/mol. The molecule has 23 heavy (non-hydrogen) atoms. The molecule has 0 spiro atoms. The average Bonchev–Trinajstić information content (AvgIpc) is 2.88. The van der Waals surface area contributed by atoms with Crippen LogP contribution in [0.4, 0.5) is 5.69 Å². The molecule has 0 bridgehead atoms. The topological polar surface area (TPSA) is 97.5 Å². The first-order valence-corrected chi connectivity index (χ1v) is 10.9. The fraction of sp³-hybridized carbons (Fsp3) is 0.467. The predicted molar refractivity (Wildman–Crippen MR) is 88.5 cm³/mol. The van der Waals surface area contributed by atoms with Crippen LogP contribution in [0.2, 0.25) is 0 Å². The number of sulfone groups is 1. The predicted octanol–water partition coefficient (Wildman–Crippen LogP) is 1.14. The van der Waals surface area contributed by atoms with Crippen LogP contribution in [0.1, 0.15) is 12.8 Å². The third kappa shape index (κ3) is 3.29. The smallest absolute Gasteiger partial charge is 0.238 e. The van der Waals surface area contributed by atoms with Gasteiger partial charge in [0, 0.05) is 19.3 Å². The highest BCUT2D eigenvalue weighted by Crippen LogP contribution is 2.38. The Bertz CT molecular complexity index is 843. The molecule has 0 amide bonds. The van der Waals surface area contributed by atoms with E-state index in [1.165, 1.54) is 12.1 Å². The molecule has 2 atom stereocenters. The number of fused-ring (bicyclic) bond motifs is 1. The monoisotopic (exact) mass is 356 g/mol. The molecule has 2 aliphatic rings. The fourth-order valence-corrected chi connectivity index (χ4v) is 4.97. The molecule has 0 aromatic heterocycles. The lowest BCUT2D eigenvalue weighted by atomic mass is 9.86. The van der Waals surface area contributed by atoms with Crippen molar-refractivity contribution in [1.82, 2.24) is 0 Å². The van der Waals surface area contributed by atoms with Crippen LogP contribution < -0.4 is 10.0 Å². The highest BCUT2D eigenvalue weighted by molar-refractivity contribution is 7.91. The third-order valence-corrected chi connectivity index (χ3v) is 6.66. The number of anilines is 1. The molecule has 1 fully saturated rings.